The number of hydrogen-bond donors (Lipinski definition) is 0. The number of ether oxygens (including phenoxy) is 1. The molecule has 0 fully saturated rings. The van der Waals surface area contributed by atoms with Crippen LogP contribution in [0, 0.1) is 0 Å². The van der Waals surface area contributed by atoms with Gasteiger partial charge in [-0.15, -0.1) is 0 Å². The number of halogens is 5. The molecule has 0 heterocycles. The van der Waals surface area contributed by atoms with E-state index < -0.39 is 21.8 Å². The Hall–Kier alpha value is -0.610. The Morgan fingerprint density at radius 3 is 2.00 bits per heavy atom. The zero-order valence-electron chi connectivity index (χ0n) is 7.66. The molecule has 0 atom stereocenters. The zero-order chi connectivity index (χ0) is 11.6. The van der Waals surface area contributed by atoms with Gasteiger partial charge in [-0.05, 0) is 19.1 Å². The summed E-state index contributed by atoms with van der Waals surface area (Å²) in [6.07, 6.45) is -4.56. The average Bonchev–Trinajstić information content (AvgIpc) is 1.99. The Labute approximate surface area is 94.7 Å². The fraction of sp³-hybridized carbons (Fsp3) is 0.333. The fourth-order valence-electron chi connectivity index (χ4n) is 1.07. The fourth-order valence-corrected chi connectivity index (χ4v) is 1.75. The molecule has 0 saturated carbocycles. The molecule has 0 radical (unpaired) electrons. The van der Waals surface area contributed by atoms with Crippen molar-refractivity contribution in [3.63, 3.8) is 0 Å². The summed E-state index contributed by atoms with van der Waals surface area (Å²) in [4.78, 5) is 0. The lowest BCUT2D eigenvalue weighted by Gasteiger charge is -2.12. The van der Waals surface area contributed by atoms with Gasteiger partial charge in [0.2, 0.25) is 0 Å². The van der Waals surface area contributed by atoms with Crippen LogP contribution in [0.3, 0.4) is 0 Å². The molecule has 0 bridgehead atoms. The molecule has 6 heteroatoms. The third-order valence-electron chi connectivity index (χ3n) is 1.61. The molecule has 0 saturated heterocycles. The number of rotatable bonds is 2. The second-order valence-corrected chi connectivity index (χ2v) is 3.51. The van der Waals surface area contributed by atoms with Crippen molar-refractivity contribution in [3.05, 3.63) is 27.7 Å². The van der Waals surface area contributed by atoms with Crippen molar-refractivity contribution in [1.82, 2.24) is 0 Å². The van der Waals surface area contributed by atoms with Crippen molar-refractivity contribution < 1.29 is 17.9 Å². The summed E-state index contributed by atoms with van der Waals surface area (Å²) in [5, 5.41) is -0.920. The molecule has 84 valence electrons. The Morgan fingerprint density at radius 1 is 1.20 bits per heavy atom. The van der Waals surface area contributed by atoms with E-state index in [0.717, 1.165) is 12.1 Å². The summed E-state index contributed by atoms with van der Waals surface area (Å²) in [5.41, 5.74) is -1.03. The molecule has 0 aliphatic heterocycles. The predicted octanol–water partition coefficient (Wildman–Crippen LogP) is 4.41. The zero-order valence-corrected chi connectivity index (χ0v) is 9.17. The maximum Gasteiger partial charge on any atom is 0.419 e. The van der Waals surface area contributed by atoms with Crippen LogP contribution in [-0.4, -0.2) is 6.61 Å². The molecular weight excluding hydrogens is 252 g/mol. The van der Waals surface area contributed by atoms with Crippen LogP contribution in [0.25, 0.3) is 0 Å². The molecule has 0 spiro atoms. The van der Waals surface area contributed by atoms with Crippen molar-refractivity contribution in [2.24, 2.45) is 0 Å². The van der Waals surface area contributed by atoms with E-state index in [1.54, 1.807) is 6.92 Å². The molecule has 0 unspecified atom stereocenters. The van der Waals surface area contributed by atoms with Gasteiger partial charge in [-0.2, -0.15) is 13.2 Å². The van der Waals surface area contributed by atoms with Crippen LogP contribution in [0.1, 0.15) is 12.5 Å². The smallest absolute Gasteiger partial charge is 0.419 e. The van der Waals surface area contributed by atoms with Gasteiger partial charge in [0, 0.05) is 0 Å². The second-order valence-electron chi connectivity index (χ2n) is 2.69. The summed E-state index contributed by atoms with van der Waals surface area (Å²) in [5.74, 6) is 0.223. The largest absolute Gasteiger partial charge is 0.494 e. The van der Waals surface area contributed by atoms with E-state index in [1.165, 1.54) is 0 Å². The van der Waals surface area contributed by atoms with Gasteiger partial charge in [0.1, 0.15) is 5.75 Å². The Kier molecular flexibility index (Phi) is 3.73. The molecule has 0 aromatic heterocycles. The van der Waals surface area contributed by atoms with Crippen molar-refractivity contribution in [1.29, 1.82) is 0 Å². The van der Waals surface area contributed by atoms with E-state index in [2.05, 4.69) is 0 Å². The van der Waals surface area contributed by atoms with Gasteiger partial charge >= 0.3 is 6.18 Å². The summed E-state index contributed by atoms with van der Waals surface area (Å²) < 4.78 is 42.3. The minimum Gasteiger partial charge on any atom is -0.494 e. The van der Waals surface area contributed by atoms with E-state index in [-0.39, 0.29) is 5.75 Å². The highest BCUT2D eigenvalue weighted by molar-refractivity contribution is 6.36. The van der Waals surface area contributed by atoms with Crippen molar-refractivity contribution in [2.45, 2.75) is 13.1 Å². The SMILES string of the molecule is CCOc1cc(Cl)c(C(F)(F)F)c(Cl)c1. The highest BCUT2D eigenvalue weighted by atomic mass is 35.5. The molecule has 1 nitrogen and oxygen atoms in total. The van der Waals surface area contributed by atoms with Gasteiger partial charge in [0.25, 0.3) is 0 Å². The highest BCUT2D eigenvalue weighted by Gasteiger charge is 2.36. The lowest BCUT2D eigenvalue weighted by Crippen LogP contribution is -2.07. The van der Waals surface area contributed by atoms with Gasteiger partial charge in [0.15, 0.2) is 0 Å². The molecular formula is C9H7Cl2F3O. The Morgan fingerprint density at radius 2 is 1.67 bits per heavy atom. The lowest BCUT2D eigenvalue weighted by atomic mass is 10.2. The Balaban J connectivity index is 3.22. The van der Waals surface area contributed by atoms with E-state index in [4.69, 9.17) is 27.9 Å². The first-order valence-electron chi connectivity index (χ1n) is 4.05. The van der Waals surface area contributed by atoms with Gasteiger partial charge < -0.3 is 4.74 Å². The van der Waals surface area contributed by atoms with Gasteiger partial charge in [-0.3, -0.25) is 0 Å². The predicted molar refractivity (Wildman–Crippen MR) is 52.6 cm³/mol. The molecule has 1 aromatic rings. The van der Waals surface area contributed by atoms with E-state index in [1.807, 2.05) is 0 Å². The molecule has 0 aliphatic carbocycles. The molecule has 0 amide bonds. The number of hydrogen-bond acceptors (Lipinski definition) is 1. The maximum atomic E-state index is 12.4. The van der Waals surface area contributed by atoms with Gasteiger partial charge in [-0.1, -0.05) is 23.2 Å². The highest BCUT2D eigenvalue weighted by Crippen LogP contribution is 2.41. The lowest BCUT2D eigenvalue weighted by molar-refractivity contribution is -0.137. The van der Waals surface area contributed by atoms with Crippen LogP contribution in [0.2, 0.25) is 10.0 Å². The monoisotopic (exact) mass is 258 g/mol. The van der Waals surface area contributed by atoms with Crippen molar-refractivity contribution >= 4 is 23.2 Å². The minimum atomic E-state index is -4.56. The molecule has 0 aliphatic rings. The van der Waals surface area contributed by atoms with Crippen LogP contribution in [0.15, 0.2) is 12.1 Å². The van der Waals surface area contributed by atoms with Crippen LogP contribution < -0.4 is 4.74 Å². The van der Waals surface area contributed by atoms with Gasteiger partial charge in [-0.25, -0.2) is 0 Å². The van der Waals surface area contributed by atoms with E-state index >= 15 is 0 Å². The topological polar surface area (TPSA) is 9.23 Å². The first kappa shape index (κ1) is 12.5. The first-order valence-corrected chi connectivity index (χ1v) is 4.81. The maximum absolute atomic E-state index is 12.4. The standard InChI is InChI=1S/C9H7Cl2F3O/c1-2-15-5-3-6(10)8(7(11)4-5)9(12,13)14/h3-4H,2H2,1H3. The van der Waals surface area contributed by atoms with Crippen LogP contribution in [0.5, 0.6) is 5.75 Å². The summed E-state index contributed by atoms with van der Waals surface area (Å²) >= 11 is 10.9. The van der Waals surface area contributed by atoms with Crippen LogP contribution in [-0.2, 0) is 6.18 Å². The Bertz CT molecular complexity index is 340. The first-order chi connectivity index (χ1) is 6.86. The van der Waals surface area contributed by atoms with Crippen LogP contribution >= 0.6 is 23.2 Å². The number of alkyl halides is 3. The quantitative estimate of drug-likeness (QED) is 0.764. The molecule has 15 heavy (non-hydrogen) atoms. The second kappa shape index (κ2) is 4.49. The van der Waals surface area contributed by atoms with Crippen molar-refractivity contribution in [3.8, 4) is 5.75 Å². The average molecular weight is 259 g/mol. The third-order valence-corrected chi connectivity index (χ3v) is 2.21. The summed E-state index contributed by atoms with van der Waals surface area (Å²) in [7, 11) is 0. The molecule has 1 aromatic carbocycles. The van der Waals surface area contributed by atoms with Crippen molar-refractivity contribution in [2.75, 3.05) is 6.61 Å². The summed E-state index contributed by atoms with van der Waals surface area (Å²) in [6.45, 7) is 2.04. The normalized spacial score (nSPS) is 11.6. The molecule has 1 rings (SSSR count). The summed E-state index contributed by atoms with van der Waals surface area (Å²) in [6, 6.07) is 2.19. The third kappa shape index (κ3) is 2.92. The van der Waals surface area contributed by atoms with Gasteiger partial charge in [0.05, 0.1) is 22.2 Å². The minimum absolute atomic E-state index is 0.223. The van der Waals surface area contributed by atoms with Crippen LogP contribution in [0.4, 0.5) is 13.2 Å². The molecule has 0 N–H and O–H groups in total. The number of benzene rings is 1. The van der Waals surface area contributed by atoms with E-state index in [0.29, 0.717) is 6.61 Å². The van der Waals surface area contributed by atoms with E-state index in [9.17, 15) is 13.2 Å².